The van der Waals surface area contributed by atoms with E-state index < -0.39 is 0 Å². The van der Waals surface area contributed by atoms with Crippen LogP contribution >= 0.6 is 11.8 Å². The molecule has 8 heteroatoms. The minimum atomic E-state index is -0.157. The predicted molar refractivity (Wildman–Crippen MR) is 137 cm³/mol. The Balaban J connectivity index is 1.35. The second-order valence-corrected chi connectivity index (χ2v) is 9.01. The van der Waals surface area contributed by atoms with Crippen molar-refractivity contribution in [2.24, 2.45) is 0 Å². The van der Waals surface area contributed by atoms with Gasteiger partial charge in [-0.2, -0.15) is 0 Å². The number of hydrogen-bond donors (Lipinski definition) is 2. The zero-order valence-electron chi connectivity index (χ0n) is 19.5. The largest absolute Gasteiger partial charge is 0.326 e. The van der Waals surface area contributed by atoms with Crippen LogP contribution in [0, 0.1) is 13.8 Å². The molecular weight excluding hydrogens is 446 g/mol. The topological polar surface area (TPSA) is 88.9 Å². The van der Waals surface area contributed by atoms with Crippen molar-refractivity contribution >= 4 is 45.7 Å². The normalized spacial score (nSPS) is 10.9. The molecule has 0 spiro atoms. The maximum atomic E-state index is 12.6. The highest BCUT2D eigenvalue weighted by molar-refractivity contribution is 7.99. The lowest BCUT2D eigenvalue weighted by Gasteiger charge is -2.09. The van der Waals surface area contributed by atoms with E-state index in [1.165, 1.54) is 17.3 Å². The number of rotatable bonds is 8. The third-order valence-electron chi connectivity index (χ3n) is 5.58. The van der Waals surface area contributed by atoms with Gasteiger partial charge in [-0.15, -0.1) is 10.2 Å². The number of carbonyl (C=O) groups is 2. The van der Waals surface area contributed by atoms with Crippen LogP contribution in [-0.4, -0.2) is 32.3 Å². The molecule has 2 amide bonds. The third-order valence-corrected chi connectivity index (χ3v) is 6.55. The first kappa shape index (κ1) is 23.5. The van der Waals surface area contributed by atoms with E-state index in [1.807, 2.05) is 86.0 Å². The Morgan fingerprint density at radius 2 is 1.56 bits per heavy atom. The van der Waals surface area contributed by atoms with Crippen molar-refractivity contribution in [2.45, 2.75) is 38.9 Å². The maximum absolute atomic E-state index is 12.6. The highest BCUT2D eigenvalue weighted by Crippen LogP contribution is 2.21. The van der Waals surface area contributed by atoms with Crippen LogP contribution in [0.3, 0.4) is 0 Å². The van der Waals surface area contributed by atoms with Crippen molar-refractivity contribution in [3.05, 3.63) is 77.6 Å². The van der Waals surface area contributed by atoms with E-state index in [1.54, 1.807) is 0 Å². The van der Waals surface area contributed by atoms with Gasteiger partial charge in [-0.05, 0) is 66.9 Å². The summed E-state index contributed by atoms with van der Waals surface area (Å²) in [6.07, 6.45) is 0.109. The number of nitrogens with one attached hydrogen (secondary N) is 2. The van der Waals surface area contributed by atoms with Gasteiger partial charge < -0.3 is 15.2 Å². The predicted octanol–water partition coefficient (Wildman–Crippen LogP) is 4.98. The Bertz CT molecular complexity index is 1350. The molecule has 3 aromatic carbocycles. The van der Waals surface area contributed by atoms with Crippen molar-refractivity contribution < 1.29 is 9.59 Å². The van der Waals surface area contributed by atoms with Crippen molar-refractivity contribution in [3.8, 4) is 0 Å². The van der Waals surface area contributed by atoms with Gasteiger partial charge in [-0.25, -0.2) is 0 Å². The Kier molecular flexibility index (Phi) is 7.27. The van der Waals surface area contributed by atoms with Crippen LogP contribution in [0.15, 0.2) is 65.8 Å². The van der Waals surface area contributed by atoms with E-state index in [4.69, 9.17) is 0 Å². The highest BCUT2D eigenvalue weighted by atomic mass is 32.2. The van der Waals surface area contributed by atoms with Gasteiger partial charge in [-0.1, -0.05) is 48.2 Å². The number of fused-ring (bicyclic) bond motifs is 1. The SMILES string of the molecule is CCn1c(CC(=O)Nc2ccc(C)c(C)c2)nnc1SCC(=O)Nc1ccc2ccccc2c1. The zero-order chi connectivity index (χ0) is 24.1. The summed E-state index contributed by atoms with van der Waals surface area (Å²) in [6.45, 7) is 6.62. The monoisotopic (exact) mass is 473 g/mol. The highest BCUT2D eigenvalue weighted by Gasteiger charge is 2.16. The number of aryl methyl sites for hydroxylation is 2. The Hall–Kier alpha value is -3.65. The average Bonchev–Trinajstić information content (AvgIpc) is 3.21. The second-order valence-electron chi connectivity index (χ2n) is 8.07. The number of thioether (sulfide) groups is 1. The molecule has 1 aromatic heterocycles. The molecule has 0 fully saturated rings. The van der Waals surface area contributed by atoms with Crippen LogP contribution in [0.5, 0.6) is 0 Å². The number of aromatic nitrogens is 3. The van der Waals surface area contributed by atoms with Crippen LogP contribution < -0.4 is 10.6 Å². The van der Waals surface area contributed by atoms with Gasteiger partial charge in [0.25, 0.3) is 0 Å². The number of carbonyl (C=O) groups excluding carboxylic acids is 2. The molecule has 7 nitrogen and oxygen atoms in total. The fraction of sp³-hybridized carbons (Fsp3) is 0.231. The Morgan fingerprint density at radius 3 is 2.32 bits per heavy atom. The molecule has 0 saturated heterocycles. The molecule has 2 N–H and O–H groups in total. The molecule has 4 rings (SSSR count). The number of anilines is 2. The lowest BCUT2D eigenvalue weighted by atomic mass is 10.1. The van der Waals surface area contributed by atoms with Gasteiger partial charge >= 0.3 is 0 Å². The van der Waals surface area contributed by atoms with Crippen molar-refractivity contribution in [1.29, 1.82) is 0 Å². The zero-order valence-corrected chi connectivity index (χ0v) is 20.3. The molecule has 4 aromatic rings. The van der Waals surface area contributed by atoms with E-state index >= 15 is 0 Å². The molecule has 0 radical (unpaired) electrons. The lowest BCUT2D eigenvalue weighted by molar-refractivity contribution is -0.116. The van der Waals surface area contributed by atoms with Gasteiger partial charge in [-0.3, -0.25) is 9.59 Å². The fourth-order valence-electron chi connectivity index (χ4n) is 3.64. The Morgan fingerprint density at radius 1 is 0.853 bits per heavy atom. The summed E-state index contributed by atoms with van der Waals surface area (Å²) in [5, 5.41) is 17.1. The Labute approximate surface area is 203 Å². The molecule has 0 aliphatic carbocycles. The second kappa shape index (κ2) is 10.5. The molecule has 0 unspecified atom stereocenters. The summed E-state index contributed by atoms with van der Waals surface area (Å²) in [5.74, 6) is 0.483. The molecule has 0 atom stereocenters. The van der Waals surface area contributed by atoms with Crippen molar-refractivity contribution in [1.82, 2.24) is 14.8 Å². The maximum Gasteiger partial charge on any atom is 0.234 e. The molecular formula is C26H27N5O2S. The number of nitrogens with zero attached hydrogens (tertiary/aromatic N) is 3. The van der Waals surface area contributed by atoms with E-state index in [0.29, 0.717) is 17.5 Å². The summed E-state index contributed by atoms with van der Waals surface area (Å²) in [5.41, 5.74) is 3.81. The number of benzene rings is 3. The van der Waals surface area contributed by atoms with Gasteiger partial charge in [0.2, 0.25) is 11.8 Å². The van der Waals surface area contributed by atoms with Crippen molar-refractivity contribution in [3.63, 3.8) is 0 Å². The quantitative estimate of drug-likeness (QED) is 0.352. The summed E-state index contributed by atoms with van der Waals surface area (Å²) in [4.78, 5) is 25.1. The van der Waals surface area contributed by atoms with Crippen LogP contribution in [0.4, 0.5) is 11.4 Å². The molecule has 174 valence electrons. The molecule has 0 bridgehead atoms. The van der Waals surface area contributed by atoms with E-state index in [0.717, 1.165) is 27.7 Å². The smallest absolute Gasteiger partial charge is 0.234 e. The summed E-state index contributed by atoms with van der Waals surface area (Å²) in [6, 6.07) is 19.7. The first-order valence-corrected chi connectivity index (χ1v) is 12.1. The molecule has 0 aliphatic rings. The number of hydrogen-bond acceptors (Lipinski definition) is 5. The minimum Gasteiger partial charge on any atom is -0.326 e. The van der Waals surface area contributed by atoms with Gasteiger partial charge in [0.15, 0.2) is 5.16 Å². The molecule has 34 heavy (non-hydrogen) atoms. The number of amides is 2. The lowest BCUT2D eigenvalue weighted by Crippen LogP contribution is -2.18. The fourth-order valence-corrected chi connectivity index (χ4v) is 4.46. The molecule has 0 aliphatic heterocycles. The first-order chi connectivity index (χ1) is 16.4. The average molecular weight is 474 g/mol. The molecule has 0 saturated carbocycles. The van der Waals surface area contributed by atoms with Crippen LogP contribution in [0.1, 0.15) is 23.9 Å². The van der Waals surface area contributed by atoms with Crippen LogP contribution in [0.2, 0.25) is 0 Å². The first-order valence-electron chi connectivity index (χ1n) is 11.1. The van der Waals surface area contributed by atoms with E-state index in [-0.39, 0.29) is 24.0 Å². The van der Waals surface area contributed by atoms with Crippen molar-refractivity contribution in [2.75, 3.05) is 16.4 Å². The summed E-state index contributed by atoms with van der Waals surface area (Å²) < 4.78 is 1.87. The summed E-state index contributed by atoms with van der Waals surface area (Å²) in [7, 11) is 0. The van der Waals surface area contributed by atoms with Gasteiger partial charge in [0.05, 0.1) is 12.2 Å². The molecule has 1 heterocycles. The van der Waals surface area contributed by atoms with Gasteiger partial charge in [0, 0.05) is 17.9 Å². The standard InChI is InChI=1S/C26H27N5O2S/c1-4-31-23(15-24(32)27-21-11-9-17(2)18(3)13-21)29-30-26(31)34-16-25(33)28-22-12-10-19-7-5-6-8-20(19)14-22/h5-14H,4,15-16H2,1-3H3,(H,27,32)(H,28,33). The third kappa shape index (κ3) is 5.63. The van der Waals surface area contributed by atoms with E-state index in [9.17, 15) is 9.59 Å². The van der Waals surface area contributed by atoms with Crippen LogP contribution in [0.25, 0.3) is 10.8 Å². The summed E-state index contributed by atoms with van der Waals surface area (Å²) >= 11 is 1.30. The van der Waals surface area contributed by atoms with Gasteiger partial charge in [0.1, 0.15) is 5.82 Å². The minimum absolute atomic E-state index is 0.109. The van der Waals surface area contributed by atoms with E-state index in [2.05, 4.69) is 20.8 Å². The van der Waals surface area contributed by atoms with Crippen LogP contribution in [-0.2, 0) is 22.6 Å².